The maximum absolute atomic E-state index is 12.3. The SMILES string of the molecule is CC(=O)N(c1cccc(C)c1)c1nc(COC(=O)c2cc([N+](=O)[O-])ccc2N)cs1. The van der Waals surface area contributed by atoms with Gasteiger partial charge in [0.05, 0.1) is 21.9 Å². The summed E-state index contributed by atoms with van der Waals surface area (Å²) in [5, 5.41) is 13.0. The van der Waals surface area contributed by atoms with Crippen LogP contribution in [0.15, 0.2) is 47.8 Å². The standard InChI is InChI=1S/C20H18N4O5S/c1-12-4-3-5-15(8-12)23(13(2)25)20-22-14(11-30-20)10-29-19(26)17-9-16(24(27)28)6-7-18(17)21/h3-9,11H,10,21H2,1-2H3. The molecule has 0 radical (unpaired) electrons. The molecule has 1 aromatic heterocycles. The van der Waals surface area contributed by atoms with Gasteiger partial charge in [0.25, 0.3) is 5.69 Å². The number of carbonyl (C=O) groups excluding carboxylic acids is 2. The summed E-state index contributed by atoms with van der Waals surface area (Å²) in [7, 11) is 0. The Morgan fingerprint density at radius 3 is 2.70 bits per heavy atom. The lowest BCUT2D eigenvalue weighted by atomic mass is 10.1. The van der Waals surface area contributed by atoms with Gasteiger partial charge in [-0.3, -0.25) is 19.8 Å². The normalized spacial score (nSPS) is 10.5. The molecule has 3 rings (SSSR count). The van der Waals surface area contributed by atoms with Crippen LogP contribution in [0.25, 0.3) is 0 Å². The highest BCUT2D eigenvalue weighted by Gasteiger charge is 2.20. The van der Waals surface area contributed by atoms with Gasteiger partial charge in [-0.2, -0.15) is 0 Å². The molecule has 1 amide bonds. The molecule has 30 heavy (non-hydrogen) atoms. The number of nitrogens with two attached hydrogens (primary N) is 1. The molecule has 0 fully saturated rings. The molecule has 3 aromatic rings. The number of aromatic nitrogens is 1. The molecule has 0 saturated carbocycles. The number of nitro benzene ring substituents is 1. The van der Waals surface area contributed by atoms with Crippen molar-refractivity contribution in [3.63, 3.8) is 0 Å². The van der Waals surface area contributed by atoms with E-state index in [1.54, 1.807) is 11.4 Å². The summed E-state index contributed by atoms with van der Waals surface area (Å²) >= 11 is 1.23. The third-order valence-electron chi connectivity index (χ3n) is 4.12. The number of anilines is 3. The van der Waals surface area contributed by atoms with Crippen molar-refractivity contribution in [1.29, 1.82) is 0 Å². The molecular formula is C20H18N4O5S. The second-order valence-corrected chi connectivity index (χ2v) is 7.26. The number of aryl methyl sites for hydroxylation is 1. The molecule has 0 unspecified atom stereocenters. The van der Waals surface area contributed by atoms with Crippen molar-refractivity contribution in [1.82, 2.24) is 4.98 Å². The molecule has 0 atom stereocenters. The molecule has 0 aliphatic carbocycles. The molecular weight excluding hydrogens is 408 g/mol. The smallest absolute Gasteiger partial charge is 0.340 e. The number of nitrogens with zero attached hydrogens (tertiary/aromatic N) is 3. The van der Waals surface area contributed by atoms with Gasteiger partial charge in [-0.1, -0.05) is 12.1 Å². The highest BCUT2D eigenvalue weighted by molar-refractivity contribution is 7.14. The lowest BCUT2D eigenvalue weighted by molar-refractivity contribution is -0.384. The second kappa shape index (κ2) is 8.70. The Hall–Kier alpha value is -3.79. The quantitative estimate of drug-likeness (QED) is 0.273. The van der Waals surface area contributed by atoms with Crippen molar-refractivity contribution >= 4 is 45.4 Å². The van der Waals surface area contributed by atoms with Crippen molar-refractivity contribution in [2.75, 3.05) is 10.6 Å². The molecule has 9 nitrogen and oxygen atoms in total. The third-order valence-corrected chi connectivity index (χ3v) is 5.00. The number of rotatable bonds is 6. The predicted molar refractivity (Wildman–Crippen MR) is 113 cm³/mol. The van der Waals surface area contributed by atoms with Crippen LogP contribution in [0.1, 0.15) is 28.5 Å². The highest BCUT2D eigenvalue weighted by atomic mass is 32.1. The summed E-state index contributed by atoms with van der Waals surface area (Å²) in [5.41, 5.74) is 7.57. The van der Waals surface area contributed by atoms with E-state index >= 15 is 0 Å². The summed E-state index contributed by atoms with van der Waals surface area (Å²) in [6.07, 6.45) is 0. The summed E-state index contributed by atoms with van der Waals surface area (Å²) < 4.78 is 5.21. The van der Waals surface area contributed by atoms with Gasteiger partial charge in [0, 0.05) is 30.1 Å². The van der Waals surface area contributed by atoms with Crippen molar-refractivity contribution < 1.29 is 19.2 Å². The highest BCUT2D eigenvalue weighted by Crippen LogP contribution is 2.30. The average Bonchev–Trinajstić information content (AvgIpc) is 3.14. The Bertz CT molecular complexity index is 1130. The maximum atomic E-state index is 12.3. The number of non-ortho nitro benzene ring substituents is 1. The molecule has 2 N–H and O–H groups in total. The van der Waals surface area contributed by atoms with E-state index in [0.29, 0.717) is 16.5 Å². The maximum Gasteiger partial charge on any atom is 0.340 e. The number of amides is 1. The van der Waals surface area contributed by atoms with Crippen molar-refractivity contribution in [3.8, 4) is 0 Å². The molecule has 2 aromatic carbocycles. The fourth-order valence-electron chi connectivity index (χ4n) is 2.71. The topological polar surface area (TPSA) is 129 Å². The van der Waals surface area contributed by atoms with Crippen LogP contribution in [0.3, 0.4) is 0 Å². The minimum absolute atomic E-state index is 0.0757. The first-order chi connectivity index (χ1) is 14.3. The number of nitrogen functional groups attached to an aromatic ring is 1. The van der Waals surface area contributed by atoms with E-state index in [4.69, 9.17) is 10.5 Å². The Kier molecular flexibility index (Phi) is 6.07. The predicted octanol–water partition coefficient (Wildman–Crippen LogP) is 3.98. The van der Waals surface area contributed by atoms with Gasteiger partial charge in [0.2, 0.25) is 5.91 Å². The largest absolute Gasteiger partial charge is 0.455 e. The molecule has 1 heterocycles. The number of thiazole rings is 1. The van der Waals surface area contributed by atoms with Gasteiger partial charge in [-0.15, -0.1) is 11.3 Å². The number of ether oxygens (including phenoxy) is 1. The lowest BCUT2D eigenvalue weighted by Crippen LogP contribution is -2.22. The first kappa shape index (κ1) is 20.9. The molecule has 0 saturated heterocycles. The molecule has 0 bridgehead atoms. The number of hydrogen-bond acceptors (Lipinski definition) is 8. The fraction of sp³-hybridized carbons (Fsp3) is 0.150. The number of hydrogen-bond donors (Lipinski definition) is 1. The van der Waals surface area contributed by atoms with Gasteiger partial charge in [-0.05, 0) is 30.7 Å². The van der Waals surface area contributed by atoms with Crippen LogP contribution in [0.5, 0.6) is 0 Å². The summed E-state index contributed by atoms with van der Waals surface area (Å²) in [5.74, 6) is -1.00. The number of nitro groups is 1. The first-order valence-corrected chi connectivity index (χ1v) is 9.67. The Labute approximate surface area is 175 Å². The van der Waals surface area contributed by atoms with Crippen molar-refractivity contribution in [3.05, 3.63) is 74.8 Å². The van der Waals surface area contributed by atoms with Gasteiger partial charge in [-0.25, -0.2) is 9.78 Å². The van der Waals surface area contributed by atoms with Crippen LogP contribution in [-0.2, 0) is 16.1 Å². The minimum Gasteiger partial charge on any atom is -0.455 e. The van der Waals surface area contributed by atoms with Gasteiger partial charge in [0.15, 0.2) is 5.13 Å². The van der Waals surface area contributed by atoms with Crippen LogP contribution in [0.4, 0.5) is 22.2 Å². The Morgan fingerprint density at radius 2 is 2.03 bits per heavy atom. The number of benzene rings is 2. The fourth-order valence-corrected chi connectivity index (χ4v) is 3.58. The van der Waals surface area contributed by atoms with Gasteiger partial charge in [0.1, 0.15) is 6.61 Å². The van der Waals surface area contributed by atoms with Gasteiger partial charge >= 0.3 is 5.97 Å². The van der Waals surface area contributed by atoms with E-state index in [1.807, 2.05) is 25.1 Å². The van der Waals surface area contributed by atoms with Gasteiger partial charge < -0.3 is 10.5 Å². The number of carbonyl (C=O) groups is 2. The van der Waals surface area contributed by atoms with Crippen LogP contribution in [-0.4, -0.2) is 21.8 Å². The second-order valence-electron chi connectivity index (χ2n) is 6.42. The zero-order valence-electron chi connectivity index (χ0n) is 16.2. The minimum atomic E-state index is -0.798. The Morgan fingerprint density at radius 1 is 1.27 bits per heavy atom. The molecule has 154 valence electrons. The monoisotopic (exact) mass is 426 g/mol. The van der Waals surface area contributed by atoms with E-state index in [0.717, 1.165) is 11.6 Å². The van der Waals surface area contributed by atoms with E-state index in [2.05, 4.69) is 4.98 Å². The first-order valence-electron chi connectivity index (χ1n) is 8.79. The molecule has 0 spiro atoms. The van der Waals surface area contributed by atoms with Crippen LogP contribution in [0.2, 0.25) is 0 Å². The van der Waals surface area contributed by atoms with E-state index in [1.165, 1.54) is 35.3 Å². The van der Waals surface area contributed by atoms with E-state index < -0.39 is 10.9 Å². The van der Waals surface area contributed by atoms with E-state index in [-0.39, 0.29) is 29.5 Å². The Balaban J connectivity index is 1.75. The number of esters is 1. The van der Waals surface area contributed by atoms with Crippen LogP contribution < -0.4 is 10.6 Å². The van der Waals surface area contributed by atoms with Crippen LogP contribution in [0, 0.1) is 17.0 Å². The third kappa shape index (κ3) is 4.61. The summed E-state index contributed by atoms with van der Waals surface area (Å²) in [6, 6.07) is 11.0. The van der Waals surface area contributed by atoms with Crippen molar-refractivity contribution in [2.24, 2.45) is 0 Å². The molecule has 10 heteroatoms. The lowest BCUT2D eigenvalue weighted by Gasteiger charge is -2.18. The summed E-state index contributed by atoms with van der Waals surface area (Å²) in [4.78, 5) is 40.6. The van der Waals surface area contributed by atoms with Crippen molar-refractivity contribution in [2.45, 2.75) is 20.5 Å². The molecule has 0 aliphatic heterocycles. The zero-order chi connectivity index (χ0) is 21.8. The molecule has 0 aliphatic rings. The summed E-state index contributed by atoms with van der Waals surface area (Å²) in [6.45, 7) is 3.19. The van der Waals surface area contributed by atoms with E-state index in [9.17, 15) is 19.7 Å². The average molecular weight is 426 g/mol. The van der Waals surface area contributed by atoms with Crippen LogP contribution >= 0.6 is 11.3 Å². The zero-order valence-corrected chi connectivity index (χ0v) is 17.0.